The summed E-state index contributed by atoms with van der Waals surface area (Å²) in [6.45, 7) is 1.37. The maximum Gasteiger partial charge on any atom is 0.243 e. The summed E-state index contributed by atoms with van der Waals surface area (Å²) in [4.78, 5) is 35.4. The molecule has 0 fully saturated rings. The van der Waals surface area contributed by atoms with Crippen LogP contribution in [0.2, 0.25) is 0 Å². The van der Waals surface area contributed by atoms with E-state index >= 15 is 0 Å². The van der Waals surface area contributed by atoms with Crippen LogP contribution in [-0.4, -0.2) is 30.3 Å². The van der Waals surface area contributed by atoms with Gasteiger partial charge in [-0.1, -0.05) is 5.92 Å². The number of carbonyl (C=O) groups excluding carboxylic acids is 3. The fourth-order valence-electron chi connectivity index (χ4n) is 0.944. The van der Waals surface area contributed by atoms with Crippen molar-refractivity contribution in [3.05, 3.63) is 0 Å². The van der Waals surface area contributed by atoms with E-state index in [9.17, 15) is 14.4 Å². The van der Waals surface area contributed by atoms with Crippen LogP contribution in [0.1, 0.15) is 13.3 Å². The maximum atomic E-state index is 11.5. The minimum absolute atomic E-state index is 0.124. The van der Waals surface area contributed by atoms with Gasteiger partial charge in [0.2, 0.25) is 17.7 Å². The standard InChI is InChI=1S/C9H12BrN3O3/c1-6(14)13-7(5-8(11)15)9(16)12-4-2-3-10/h7H,4-5H2,1H3,(H2,11,15)(H,12,16)(H,13,14)/t7-/m0/s1. The molecule has 4 N–H and O–H groups in total. The largest absolute Gasteiger partial charge is 0.370 e. The SMILES string of the molecule is CC(=O)N[C@@H](CC(N)=O)C(=O)NCC#CBr. The molecule has 0 unspecified atom stereocenters. The van der Waals surface area contributed by atoms with Gasteiger partial charge >= 0.3 is 0 Å². The Hall–Kier alpha value is -1.55. The highest BCUT2D eigenvalue weighted by Crippen LogP contribution is 1.91. The minimum Gasteiger partial charge on any atom is -0.370 e. The first-order chi connectivity index (χ1) is 7.47. The number of rotatable bonds is 5. The molecule has 0 aliphatic carbocycles. The Morgan fingerprint density at radius 2 is 2.06 bits per heavy atom. The van der Waals surface area contributed by atoms with Gasteiger partial charge in [0.25, 0.3) is 0 Å². The average molecular weight is 290 g/mol. The molecule has 0 aromatic carbocycles. The zero-order valence-electron chi connectivity index (χ0n) is 8.67. The summed E-state index contributed by atoms with van der Waals surface area (Å²) in [5, 5.41) is 4.76. The van der Waals surface area contributed by atoms with Crippen molar-refractivity contribution in [1.82, 2.24) is 10.6 Å². The van der Waals surface area contributed by atoms with E-state index in [1.165, 1.54) is 6.92 Å². The predicted molar refractivity (Wildman–Crippen MR) is 61.1 cm³/mol. The lowest BCUT2D eigenvalue weighted by Crippen LogP contribution is -2.48. The Morgan fingerprint density at radius 1 is 1.44 bits per heavy atom. The molecule has 0 saturated heterocycles. The molecule has 0 aromatic heterocycles. The summed E-state index contributed by atoms with van der Waals surface area (Å²) >= 11 is 2.86. The zero-order valence-corrected chi connectivity index (χ0v) is 10.3. The number of amides is 3. The van der Waals surface area contributed by atoms with Crippen LogP contribution >= 0.6 is 15.9 Å². The van der Waals surface area contributed by atoms with E-state index in [-0.39, 0.29) is 13.0 Å². The van der Waals surface area contributed by atoms with E-state index < -0.39 is 23.8 Å². The van der Waals surface area contributed by atoms with E-state index in [0.29, 0.717) is 0 Å². The fraction of sp³-hybridized carbons (Fsp3) is 0.444. The second kappa shape index (κ2) is 7.70. The molecule has 16 heavy (non-hydrogen) atoms. The number of hydrogen-bond acceptors (Lipinski definition) is 3. The molecule has 0 radical (unpaired) electrons. The van der Waals surface area contributed by atoms with Crippen LogP contribution in [-0.2, 0) is 14.4 Å². The van der Waals surface area contributed by atoms with Crippen molar-refractivity contribution in [3.63, 3.8) is 0 Å². The Bertz CT molecular complexity index is 330. The van der Waals surface area contributed by atoms with Crippen LogP contribution in [0.5, 0.6) is 0 Å². The minimum atomic E-state index is -0.952. The maximum absolute atomic E-state index is 11.5. The third kappa shape index (κ3) is 6.84. The summed E-state index contributed by atoms with van der Waals surface area (Å²) in [7, 11) is 0. The van der Waals surface area contributed by atoms with Crippen LogP contribution in [0, 0.1) is 10.8 Å². The van der Waals surface area contributed by atoms with Gasteiger partial charge in [-0.25, -0.2) is 0 Å². The van der Waals surface area contributed by atoms with Crippen molar-refractivity contribution >= 4 is 33.7 Å². The summed E-state index contributed by atoms with van der Waals surface area (Å²) in [6.07, 6.45) is -0.243. The summed E-state index contributed by atoms with van der Waals surface area (Å²) in [6, 6.07) is -0.952. The number of carbonyl (C=O) groups is 3. The normalized spacial score (nSPS) is 10.6. The van der Waals surface area contributed by atoms with Crippen LogP contribution in [0.15, 0.2) is 0 Å². The third-order valence-corrected chi connectivity index (χ3v) is 1.80. The van der Waals surface area contributed by atoms with E-state index in [2.05, 4.69) is 37.3 Å². The molecule has 0 rings (SSSR count). The molecule has 0 spiro atoms. The van der Waals surface area contributed by atoms with Crippen molar-refractivity contribution in [1.29, 1.82) is 0 Å². The molecule has 1 atom stereocenters. The number of nitrogens with two attached hydrogens (primary N) is 1. The van der Waals surface area contributed by atoms with Gasteiger partial charge in [-0.15, -0.1) is 0 Å². The fourth-order valence-corrected chi connectivity index (χ4v) is 1.08. The monoisotopic (exact) mass is 289 g/mol. The predicted octanol–water partition coefficient (Wildman–Crippen LogP) is -1.16. The smallest absolute Gasteiger partial charge is 0.243 e. The molecule has 0 bridgehead atoms. The molecule has 88 valence electrons. The number of halogens is 1. The highest BCUT2D eigenvalue weighted by Gasteiger charge is 2.20. The van der Waals surface area contributed by atoms with Crippen molar-refractivity contribution in [3.8, 4) is 10.8 Å². The molecule has 7 heteroatoms. The van der Waals surface area contributed by atoms with E-state index in [1.54, 1.807) is 0 Å². The first-order valence-electron chi connectivity index (χ1n) is 4.39. The Labute approximate surface area is 101 Å². The van der Waals surface area contributed by atoms with E-state index in [4.69, 9.17) is 5.73 Å². The quantitative estimate of drug-likeness (QED) is 0.556. The van der Waals surface area contributed by atoms with E-state index in [0.717, 1.165) is 0 Å². The molecule has 0 heterocycles. The number of nitrogens with one attached hydrogen (secondary N) is 2. The van der Waals surface area contributed by atoms with Gasteiger partial charge in [0, 0.05) is 22.9 Å². The van der Waals surface area contributed by atoms with Gasteiger partial charge in [-0.3, -0.25) is 14.4 Å². The van der Waals surface area contributed by atoms with Gasteiger partial charge in [-0.2, -0.15) is 0 Å². The Kier molecular flexibility index (Phi) is 6.96. The van der Waals surface area contributed by atoms with Gasteiger partial charge < -0.3 is 16.4 Å². The molecule has 0 aliphatic heterocycles. The van der Waals surface area contributed by atoms with Crippen molar-refractivity contribution in [2.24, 2.45) is 5.73 Å². The molecule has 0 aliphatic rings. The van der Waals surface area contributed by atoms with Gasteiger partial charge in [-0.05, 0) is 4.83 Å². The van der Waals surface area contributed by atoms with Crippen LogP contribution in [0.4, 0.5) is 0 Å². The number of primary amides is 1. The van der Waals surface area contributed by atoms with Gasteiger partial charge in [0.1, 0.15) is 6.04 Å². The summed E-state index contributed by atoms with van der Waals surface area (Å²) < 4.78 is 0. The topological polar surface area (TPSA) is 101 Å². The zero-order chi connectivity index (χ0) is 12.6. The van der Waals surface area contributed by atoms with Crippen molar-refractivity contribution in [2.45, 2.75) is 19.4 Å². The Morgan fingerprint density at radius 3 is 2.50 bits per heavy atom. The van der Waals surface area contributed by atoms with Crippen LogP contribution in [0.3, 0.4) is 0 Å². The molecular weight excluding hydrogens is 278 g/mol. The highest BCUT2D eigenvalue weighted by molar-refractivity contribution is 9.12. The highest BCUT2D eigenvalue weighted by atomic mass is 79.9. The molecule has 3 amide bonds. The molecule has 0 aromatic rings. The lowest BCUT2D eigenvalue weighted by molar-refractivity contribution is -0.130. The lowest BCUT2D eigenvalue weighted by Gasteiger charge is -2.14. The lowest BCUT2D eigenvalue weighted by atomic mass is 10.2. The molecule has 6 nitrogen and oxygen atoms in total. The van der Waals surface area contributed by atoms with Crippen molar-refractivity contribution < 1.29 is 14.4 Å². The van der Waals surface area contributed by atoms with E-state index in [1.807, 2.05) is 0 Å². The van der Waals surface area contributed by atoms with Gasteiger partial charge in [0.15, 0.2) is 0 Å². The van der Waals surface area contributed by atoms with Crippen LogP contribution in [0.25, 0.3) is 0 Å². The second-order valence-corrected chi connectivity index (χ2v) is 3.31. The Balaban J connectivity index is 4.34. The summed E-state index contributed by atoms with van der Waals surface area (Å²) in [5.41, 5.74) is 4.96. The average Bonchev–Trinajstić information content (AvgIpc) is 2.15. The van der Waals surface area contributed by atoms with Gasteiger partial charge in [0.05, 0.1) is 13.0 Å². The first kappa shape index (κ1) is 14.5. The van der Waals surface area contributed by atoms with Crippen LogP contribution < -0.4 is 16.4 Å². The molecular formula is C9H12BrN3O3. The first-order valence-corrected chi connectivity index (χ1v) is 5.18. The summed E-state index contributed by atoms with van der Waals surface area (Å²) in [5.74, 6) is 0.975. The van der Waals surface area contributed by atoms with Crippen molar-refractivity contribution in [2.75, 3.05) is 6.54 Å². The molecule has 0 saturated carbocycles. The second-order valence-electron chi connectivity index (χ2n) is 2.91. The third-order valence-electron chi connectivity index (χ3n) is 1.52. The number of hydrogen-bond donors (Lipinski definition) is 3.